The first-order valence-corrected chi connectivity index (χ1v) is 9.27. The number of allylic oxidation sites excluding steroid dienone is 6. The standard InChI is InChI=1S/C20H34S/c1-16(13-20-14-18(3)12-19(20)4)10-8-6-5-7-9-11-17(2)15-21/h7,9,14,16-17,21H,5-6,8,10-13,15H2,1-4H3/b9-7+. The van der Waals surface area contributed by atoms with Crippen LogP contribution in [0.15, 0.2) is 34.9 Å². The molecule has 21 heavy (non-hydrogen) atoms. The molecule has 0 aromatic carbocycles. The highest BCUT2D eigenvalue weighted by Crippen LogP contribution is 2.30. The lowest BCUT2D eigenvalue weighted by Gasteiger charge is -2.12. The molecule has 0 N–H and O–H groups in total. The van der Waals surface area contributed by atoms with Crippen molar-refractivity contribution in [3.8, 4) is 0 Å². The summed E-state index contributed by atoms with van der Waals surface area (Å²) in [7, 11) is 0. The van der Waals surface area contributed by atoms with E-state index >= 15 is 0 Å². The Morgan fingerprint density at radius 1 is 1.14 bits per heavy atom. The van der Waals surface area contributed by atoms with Crippen LogP contribution in [0.1, 0.15) is 72.6 Å². The molecule has 1 rings (SSSR count). The molecule has 1 aliphatic rings. The minimum absolute atomic E-state index is 0.712. The van der Waals surface area contributed by atoms with Crippen LogP contribution in [-0.4, -0.2) is 5.75 Å². The first-order valence-electron chi connectivity index (χ1n) is 8.64. The summed E-state index contributed by atoms with van der Waals surface area (Å²) in [5.74, 6) is 2.53. The molecule has 1 aliphatic carbocycles. The highest BCUT2D eigenvalue weighted by molar-refractivity contribution is 7.80. The monoisotopic (exact) mass is 306 g/mol. The van der Waals surface area contributed by atoms with Gasteiger partial charge in [0, 0.05) is 0 Å². The minimum atomic E-state index is 0.712. The zero-order valence-electron chi connectivity index (χ0n) is 14.5. The van der Waals surface area contributed by atoms with Crippen molar-refractivity contribution in [2.75, 3.05) is 5.75 Å². The second-order valence-electron chi connectivity index (χ2n) is 7.06. The number of thiol groups is 1. The van der Waals surface area contributed by atoms with Crippen LogP contribution in [0.3, 0.4) is 0 Å². The average Bonchev–Trinajstić information content (AvgIpc) is 2.75. The molecule has 0 radical (unpaired) electrons. The van der Waals surface area contributed by atoms with Crippen LogP contribution in [-0.2, 0) is 0 Å². The lowest BCUT2D eigenvalue weighted by molar-refractivity contribution is 0.498. The topological polar surface area (TPSA) is 0 Å². The predicted molar refractivity (Wildman–Crippen MR) is 100 cm³/mol. The summed E-state index contributed by atoms with van der Waals surface area (Å²) in [6.45, 7) is 9.22. The Labute approximate surface area is 138 Å². The van der Waals surface area contributed by atoms with Gasteiger partial charge < -0.3 is 0 Å². The molecular weight excluding hydrogens is 272 g/mol. The highest BCUT2D eigenvalue weighted by atomic mass is 32.1. The molecule has 120 valence electrons. The van der Waals surface area contributed by atoms with Gasteiger partial charge in [0.15, 0.2) is 0 Å². The Morgan fingerprint density at radius 3 is 2.52 bits per heavy atom. The summed E-state index contributed by atoms with van der Waals surface area (Å²) in [4.78, 5) is 0. The van der Waals surface area contributed by atoms with Crippen LogP contribution < -0.4 is 0 Å². The van der Waals surface area contributed by atoms with E-state index in [1.807, 2.05) is 0 Å². The van der Waals surface area contributed by atoms with Gasteiger partial charge in [-0.3, -0.25) is 0 Å². The van der Waals surface area contributed by atoms with Gasteiger partial charge in [0.1, 0.15) is 0 Å². The van der Waals surface area contributed by atoms with Crippen LogP contribution in [0, 0.1) is 11.8 Å². The molecule has 0 saturated heterocycles. The summed E-state index contributed by atoms with van der Waals surface area (Å²) >= 11 is 4.31. The molecule has 1 heteroatoms. The maximum atomic E-state index is 4.31. The zero-order valence-corrected chi connectivity index (χ0v) is 15.4. The molecule has 0 fully saturated rings. The van der Waals surface area contributed by atoms with E-state index in [9.17, 15) is 0 Å². The van der Waals surface area contributed by atoms with Gasteiger partial charge in [-0.1, -0.05) is 56.1 Å². The Morgan fingerprint density at radius 2 is 1.90 bits per heavy atom. The maximum Gasteiger partial charge on any atom is -0.00692 e. The third-order valence-electron chi connectivity index (χ3n) is 4.42. The summed E-state index contributed by atoms with van der Waals surface area (Å²) in [5, 5.41) is 0. The van der Waals surface area contributed by atoms with Crippen molar-refractivity contribution in [3.63, 3.8) is 0 Å². The number of unbranched alkanes of at least 4 members (excludes halogenated alkanes) is 2. The van der Waals surface area contributed by atoms with Gasteiger partial charge in [0.25, 0.3) is 0 Å². The second kappa shape index (κ2) is 10.3. The average molecular weight is 307 g/mol. The van der Waals surface area contributed by atoms with Crippen molar-refractivity contribution in [1.29, 1.82) is 0 Å². The normalized spacial score (nSPS) is 18.4. The molecule has 0 amide bonds. The molecule has 2 atom stereocenters. The smallest absolute Gasteiger partial charge is 0.00692 e. The molecular formula is C20H34S. The molecule has 0 nitrogen and oxygen atoms in total. The fourth-order valence-corrected chi connectivity index (χ4v) is 3.14. The predicted octanol–water partition coefficient (Wildman–Crippen LogP) is 6.75. The molecule has 0 aromatic heterocycles. The Bertz CT molecular complexity index is 387. The van der Waals surface area contributed by atoms with Crippen LogP contribution in [0.2, 0.25) is 0 Å². The van der Waals surface area contributed by atoms with Crippen molar-refractivity contribution in [3.05, 3.63) is 34.9 Å². The summed E-state index contributed by atoms with van der Waals surface area (Å²) in [5.41, 5.74) is 4.75. The highest BCUT2D eigenvalue weighted by Gasteiger charge is 2.12. The van der Waals surface area contributed by atoms with Gasteiger partial charge >= 0.3 is 0 Å². The number of hydrogen-bond donors (Lipinski definition) is 1. The van der Waals surface area contributed by atoms with Crippen molar-refractivity contribution in [1.82, 2.24) is 0 Å². The maximum absolute atomic E-state index is 4.31. The first-order chi connectivity index (χ1) is 10.0. The van der Waals surface area contributed by atoms with E-state index in [1.54, 1.807) is 11.1 Å². The van der Waals surface area contributed by atoms with E-state index in [0.29, 0.717) is 5.92 Å². The number of hydrogen-bond acceptors (Lipinski definition) is 1. The Balaban J connectivity index is 2.09. The van der Waals surface area contributed by atoms with Crippen molar-refractivity contribution in [2.24, 2.45) is 11.8 Å². The Hall–Kier alpha value is -0.430. The quantitative estimate of drug-likeness (QED) is 0.257. The van der Waals surface area contributed by atoms with E-state index in [4.69, 9.17) is 0 Å². The van der Waals surface area contributed by atoms with E-state index in [-0.39, 0.29) is 0 Å². The molecule has 0 saturated carbocycles. The summed E-state index contributed by atoms with van der Waals surface area (Å²) in [6, 6.07) is 0. The molecule has 0 bridgehead atoms. The molecule has 2 unspecified atom stereocenters. The van der Waals surface area contributed by atoms with E-state index in [0.717, 1.165) is 11.7 Å². The van der Waals surface area contributed by atoms with Gasteiger partial charge in [0.05, 0.1) is 0 Å². The van der Waals surface area contributed by atoms with Crippen LogP contribution in [0.4, 0.5) is 0 Å². The van der Waals surface area contributed by atoms with Gasteiger partial charge in [-0.15, -0.1) is 0 Å². The van der Waals surface area contributed by atoms with Gasteiger partial charge in [-0.2, -0.15) is 12.6 Å². The lowest BCUT2D eigenvalue weighted by Crippen LogP contribution is -1.96. The minimum Gasteiger partial charge on any atom is -0.179 e. The number of rotatable bonds is 10. The summed E-state index contributed by atoms with van der Waals surface area (Å²) < 4.78 is 0. The molecule has 0 spiro atoms. The third-order valence-corrected chi connectivity index (χ3v) is 5.04. The SMILES string of the molecule is CC1=CC(CC(C)CCCC/C=C/CC(C)CS)=C(C)C1. The first kappa shape index (κ1) is 18.6. The van der Waals surface area contributed by atoms with E-state index in [1.165, 1.54) is 50.5 Å². The second-order valence-corrected chi connectivity index (χ2v) is 7.43. The largest absolute Gasteiger partial charge is 0.179 e. The fourth-order valence-electron chi connectivity index (χ4n) is 2.99. The van der Waals surface area contributed by atoms with Gasteiger partial charge in [-0.05, 0) is 69.1 Å². The van der Waals surface area contributed by atoms with Crippen molar-refractivity contribution < 1.29 is 0 Å². The molecule has 0 aromatic rings. The van der Waals surface area contributed by atoms with Crippen LogP contribution >= 0.6 is 12.6 Å². The van der Waals surface area contributed by atoms with Gasteiger partial charge in [-0.25, -0.2) is 0 Å². The van der Waals surface area contributed by atoms with E-state index < -0.39 is 0 Å². The lowest BCUT2D eigenvalue weighted by atomic mass is 9.94. The van der Waals surface area contributed by atoms with Crippen LogP contribution in [0.5, 0.6) is 0 Å². The summed E-state index contributed by atoms with van der Waals surface area (Å²) in [6.07, 6.45) is 16.1. The molecule has 0 heterocycles. The molecule has 0 aliphatic heterocycles. The zero-order chi connectivity index (χ0) is 15.7. The fraction of sp³-hybridized carbons (Fsp3) is 0.700. The Kier molecular flexibility index (Phi) is 9.15. The van der Waals surface area contributed by atoms with Crippen molar-refractivity contribution in [2.45, 2.75) is 72.6 Å². The third kappa shape index (κ3) is 7.95. The van der Waals surface area contributed by atoms with E-state index in [2.05, 4.69) is 58.6 Å². The van der Waals surface area contributed by atoms with Crippen LogP contribution in [0.25, 0.3) is 0 Å². The van der Waals surface area contributed by atoms with Crippen molar-refractivity contribution >= 4 is 12.6 Å². The van der Waals surface area contributed by atoms with Gasteiger partial charge in [0.2, 0.25) is 0 Å².